The van der Waals surface area contributed by atoms with Crippen molar-refractivity contribution in [2.75, 3.05) is 7.11 Å². The Morgan fingerprint density at radius 2 is 1.93 bits per heavy atom. The molecule has 1 aromatic carbocycles. The topological polar surface area (TPSA) is 52.6 Å². The molecule has 0 radical (unpaired) electrons. The van der Waals surface area contributed by atoms with Crippen molar-refractivity contribution in [2.24, 2.45) is 0 Å². The molecule has 1 rings (SSSR count). The molecule has 0 fully saturated rings. The lowest BCUT2D eigenvalue weighted by molar-refractivity contribution is -0.107. The number of aldehydes is 1. The van der Waals surface area contributed by atoms with Crippen molar-refractivity contribution in [1.82, 2.24) is 0 Å². The molecule has 0 heterocycles. The summed E-state index contributed by atoms with van der Waals surface area (Å²) in [5.74, 6) is -0.189. The molecule has 78 valence electrons. The molecule has 0 saturated carbocycles. The Balaban J connectivity index is 2.74. The second kappa shape index (κ2) is 4.95. The van der Waals surface area contributed by atoms with Crippen LogP contribution in [0.2, 0.25) is 0 Å². The highest BCUT2D eigenvalue weighted by Gasteiger charge is 2.08. The second-order valence-electron chi connectivity index (χ2n) is 2.70. The van der Waals surface area contributed by atoms with Gasteiger partial charge in [-0.15, -0.1) is 0 Å². The summed E-state index contributed by atoms with van der Waals surface area (Å²) in [6.07, 6.45) is 0.376. The summed E-state index contributed by atoms with van der Waals surface area (Å²) in [4.78, 5) is 21.5. The van der Waals surface area contributed by atoms with E-state index in [2.05, 4.69) is 11.3 Å². The van der Waals surface area contributed by atoms with Gasteiger partial charge in [-0.3, -0.25) is 4.79 Å². The van der Waals surface area contributed by atoms with E-state index in [1.807, 2.05) is 0 Å². The van der Waals surface area contributed by atoms with Crippen molar-refractivity contribution < 1.29 is 19.1 Å². The quantitative estimate of drug-likeness (QED) is 0.324. The molecule has 0 aliphatic carbocycles. The summed E-state index contributed by atoms with van der Waals surface area (Å²) >= 11 is 0. The van der Waals surface area contributed by atoms with Crippen LogP contribution in [-0.4, -0.2) is 19.4 Å². The number of carbonyl (C=O) groups excluding carboxylic acids is 2. The number of carbonyl (C=O) groups is 2. The minimum Gasteiger partial charge on any atom is -0.497 e. The molecule has 1 aromatic rings. The van der Waals surface area contributed by atoms with Crippen LogP contribution in [0.15, 0.2) is 36.6 Å². The number of methoxy groups -OCH3 is 1. The standard InChI is InChI=1S/C11H10O4/c1-8(7-12)15-11(13)9-3-5-10(14-2)6-4-9/h3-7H,1H2,2H3. The first-order valence-electron chi connectivity index (χ1n) is 4.17. The molecule has 0 bridgehead atoms. The molecule has 15 heavy (non-hydrogen) atoms. The van der Waals surface area contributed by atoms with Gasteiger partial charge in [-0.2, -0.15) is 0 Å². The molecule has 0 aliphatic rings. The molecule has 0 N–H and O–H groups in total. The molecular formula is C11H10O4. The largest absolute Gasteiger partial charge is 0.497 e. The highest BCUT2D eigenvalue weighted by Crippen LogP contribution is 2.12. The van der Waals surface area contributed by atoms with Crippen LogP contribution >= 0.6 is 0 Å². The lowest BCUT2D eigenvalue weighted by Gasteiger charge is -2.03. The first-order chi connectivity index (χ1) is 7.17. The molecule has 0 atom stereocenters. The molecule has 0 aliphatic heterocycles. The third kappa shape index (κ3) is 2.95. The first-order valence-corrected chi connectivity index (χ1v) is 4.17. The summed E-state index contributed by atoms with van der Waals surface area (Å²) in [5.41, 5.74) is 0.332. The summed E-state index contributed by atoms with van der Waals surface area (Å²) in [7, 11) is 1.53. The smallest absolute Gasteiger partial charge is 0.343 e. The van der Waals surface area contributed by atoms with Crippen molar-refractivity contribution in [3.8, 4) is 5.75 Å². The van der Waals surface area contributed by atoms with Crippen LogP contribution in [0.25, 0.3) is 0 Å². The maximum Gasteiger partial charge on any atom is 0.343 e. The fourth-order valence-electron chi connectivity index (χ4n) is 0.929. The van der Waals surface area contributed by atoms with Crippen molar-refractivity contribution in [1.29, 1.82) is 0 Å². The van der Waals surface area contributed by atoms with Crippen LogP contribution in [-0.2, 0) is 9.53 Å². The Hall–Kier alpha value is -2.10. The van der Waals surface area contributed by atoms with E-state index in [0.29, 0.717) is 17.6 Å². The number of hydrogen-bond acceptors (Lipinski definition) is 4. The number of allylic oxidation sites excluding steroid dienone is 1. The summed E-state index contributed by atoms with van der Waals surface area (Å²) < 4.78 is 9.54. The van der Waals surface area contributed by atoms with Gasteiger partial charge in [-0.1, -0.05) is 6.58 Å². The molecule has 0 unspecified atom stereocenters. The number of ether oxygens (including phenoxy) is 2. The molecule has 0 spiro atoms. The van der Waals surface area contributed by atoms with Crippen molar-refractivity contribution >= 4 is 12.3 Å². The van der Waals surface area contributed by atoms with Gasteiger partial charge in [0.25, 0.3) is 0 Å². The number of benzene rings is 1. The van der Waals surface area contributed by atoms with Crippen LogP contribution in [0.1, 0.15) is 10.4 Å². The molecule has 4 heteroatoms. The fourth-order valence-corrected chi connectivity index (χ4v) is 0.929. The van der Waals surface area contributed by atoms with E-state index in [4.69, 9.17) is 4.74 Å². The average molecular weight is 206 g/mol. The van der Waals surface area contributed by atoms with Gasteiger partial charge in [-0.25, -0.2) is 4.79 Å². The summed E-state index contributed by atoms with van der Waals surface area (Å²) in [5, 5.41) is 0. The van der Waals surface area contributed by atoms with Gasteiger partial charge >= 0.3 is 5.97 Å². The predicted molar refractivity (Wildman–Crippen MR) is 53.6 cm³/mol. The van der Waals surface area contributed by atoms with Crippen LogP contribution in [0.3, 0.4) is 0 Å². The minimum atomic E-state index is -0.616. The van der Waals surface area contributed by atoms with E-state index in [0.717, 1.165) is 0 Å². The van der Waals surface area contributed by atoms with Crippen LogP contribution in [0.4, 0.5) is 0 Å². The predicted octanol–water partition coefficient (Wildman–Crippen LogP) is 1.56. The first kappa shape index (κ1) is 11.0. The average Bonchev–Trinajstić information content (AvgIpc) is 2.29. The lowest BCUT2D eigenvalue weighted by atomic mass is 10.2. The normalized spacial score (nSPS) is 9.13. The minimum absolute atomic E-state index is 0.212. The molecule has 0 aromatic heterocycles. The lowest BCUT2D eigenvalue weighted by Crippen LogP contribution is -2.04. The Morgan fingerprint density at radius 3 is 2.40 bits per heavy atom. The van der Waals surface area contributed by atoms with Gasteiger partial charge in [-0.05, 0) is 24.3 Å². The van der Waals surface area contributed by atoms with E-state index < -0.39 is 5.97 Å². The van der Waals surface area contributed by atoms with Gasteiger partial charge < -0.3 is 9.47 Å². The van der Waals surface area contributed by atoms with E-state index in [1.54, 1.807) is 24.3 Å². The number of rotatable bonds is 4. The Bertz CT molecular complexity index is 378. The van der Waals surface area contributed by atoms with E-state index in [9.17, 15) is 9.59 Å². The van der Waals surface area contributed by atoms with Crippen LogP contribution < -0.4 is 4.74 Å². The van der Waals surface area contributed by atoms with Crippen LogP contribution in [0.5, 0.6) is 5.75 Å². The maximum absolute atomic E-state index is 11.3. The van der Waals surface area contributed by atoms with Crippen molar-refractivity contribution in [3.05, 3.63) is 42.2 Å². The van der Waals surface area contributed by atoms with Gasteiger partial charge in [0.05, 0.1) is 12.7 Å². The Morgan fingerprint density at radius 1 is 1.33 bits per heavy atom. The zero-order chi connectivity index (χ0) is 11.3. The highest BCUT2D eigenvalue weighted by molar-refractivity contribution is 5.92. The summed E-state index contributed by atoms with van der Waals surface area (Å²) in [6.45, 7) is 3.24. The van der Waals surface area contributed by atoms with Gasteiger partial charge in [0.15, 0.2) is 12.0 Å². The number of hydrogen-bond donors (Lipinski definition) is 0. The van der Waals surface area contributed by atoms with Crippen LogP contribution in [0, 0.1) is 0 Å². The molecular weight excluding hydrogens is 196 g/mol. The van der Waals surface area contributed by atoms with Crippen molar-refractivity contribution in [3.63, 3.8) is 0 Å². The maximum atomic E-state index is 11.3. The zero-order valence-corrected chi connectivity index (χ0v) is 8.23. The molecule has 0 amide bonds. The number of esters is 1. The van der Waals surface area contributed by atoms with E-state index >= 15 is 0 Å². The Kier molecular flexibility index (Phi) is 3.62. The molecule has 4 nitrogen and oxygen atoms in total. The monoisotopic (exact) mass is 206 g/mol. The van der Waals surface area contributed by atoms with Gasteiger partial charge in [0.1, 0.15) is 5.75 Å². The van der Waals surface area contributed by atoms with Crippen molar-refractivity contribution in [2.45, 2.75) is 0 Å². The third-order valence-corrected chi connectivity index (χ3v) is 1.68. The van der Waals surface area contributed by atoms with Gasteiger partial charge in [0, 0.05) is 0 Å². The third-order valence-electron chi connectivity index (χ3n) is 1.68. The van der Waals surface area contributed by atoms with E-state index in [-0.39, 0.29) is 5.76 Å². The summed E-state index contributed by atoms with van der Waals surface area (Å²) in [6, 6.07) is 6.33. The SMILES string of the molecule is C=C(C=O)OC(=O)c1ccc(OC)cc1. The van der Waals surface area contributed by atoms with Gasteiger partial charge in [0.2, 0.25) is 0 Å². The fraction of sp³-hybridized carbons (Fsp3) is 0.0909. The zero-order valence-electron chi connectivity index (χ0n) is 8.23. The second-order valence-corrected chi connectivity index (χ2v) is 2.70. The Labute approximate surface area is 87.1 Å². The van der Waals surface area contributed by atoms with E-state index in [1.165, 1.54) is 7.11 Å². The molecule has 0 saturated heterocycles. The highest BCUT2D eigenvalue weighted by atomic mass is 16.5.